The number of nitrogens with zero attached hydrogens (tertiary/aromatic N) is 4. The van der Waals surface area contributed by atoms with Gasteiger partial charge in [-0.05, 0) is 25.8 Å². The lowest BCUT2D eigenvalue weighted by Gasteiger charge is -2.37. The first kappa shape index (κ1) is 23.5. The standard InChI is InChI=1S/C21H33N5O3.HI/c1-2-22-21(26-10-14-29-19(16-26)18-6-4-11-28-18)24-15-17-5-3-7-23-20(17)25-8-12-27-13-9-25;/h3,5,7,18-19H,2,4,6,8-16H2,1H3,(H,22,24);1H. The molecule has 0 saturated carbocycles. The number of ether oxygens (including phenoxy) is 3. The highest BCUT2D eigenvalue weighted by Crippen LogP contribution is 2.22. The minimum absolute atomic E-state index is 0. The average Bonchev–Trinajstić information content (AvgIpc) is 3.33. The Balaban J connectivity index is 0.00000256. The molecule has 0 aliphatic carbocycles. The highest BCUT2D eigenvalue weighted by molar-refractivity contribution is 14.0. The Labute approximate surface area is 196 Å². The molecule has 9 heteroatoms. The van der Waals surface area contributed by atoms with Crippen molar-refractivity contribution in [2.24, 2.45) is 4.99 Å². The lowest BCUT2D eigenvalue weighted by atomic mass is 10.1. The summed E-state index contributed by atoms with van der Waals surface area (Å²) < 4.78 is 17.3. The van der Waals surface area contributed by atoms with Gasteiger partial charge in [0, 0.05) is 51.1 Å². The van der Waals surface area contributed by atoms with Crippen LogP contribution in [0, 0.1) is 0 Å². The number of aromatic nitrogens is 1. The molecule has 0 spiro atoms. The van der Waals surface area contributed by atoms with E-state index < -0.39 is 0 Å². The topological polar surface area (TPSA) is 71.5 Å². The zero-order valence-corrected chi connectivity index (χ0v) is 20.1. The zero-order valence-electron chi connectivity index (χ0n) is 17.8. The van der Waals surface area contributed by atoms with E-state index >= 15 is 0 Å². The van der Waals surface area contributed by atoms with Crippen LogP contribution < -0.4 is 10.2 Å². The Kier molecular flexibility index (Phi) is 9.41. The predicted octanol–water partition coefficient (Wildman–Crippen LogP) is 1.88. The second-order valence-electron chi connectivity index (χ2n) is 7.66. The second-order valence-corrected chi connectivity index (χ2v) is 7.66. The van der Waals surface area contributed by atoms with Crippen molar-refractivity contribution in [3.05, 3.63) is 23.9 Å². The molecule has 168 valence electrons. The van der Waals surface area contributed by atoms with E-state index in [1.54, 1.807) is 0 Å². The Morgan fingerprint density at radius 3 is 2.77 bits per heavy atom. The second kappa shape index (κ2) is 12.0. The molecule has 0 radical (unpaired) electrons. The Hall–Kier alpha value is -1.17. The van der Waals surface area contributed by atoms with Crippen LogP contribution in [0.3, 0.4) is 0 Å². The SMILES string of the molecule is CCNC(=NCc1cccnc1N1CCOCC1)N1CCOC(C2CCCO2)C1.I. The third-order valence-corrected chi connectivity index (χ3v) is 5.68. The number of morpholine rings is 2. The van der Waals surface area contributed by atoms with Crippen LogP contribution in [-0.2, 0) is 20.8 Å². The number of guanidine groups is 1. The number of pyridine rings is 1. The molecule has 2 atom stereocenters. The van der Waals surface area contributed by atoms with E-state index in [0.717, 1.165) is 82.7 Å². The number of hydrogen-bond acceptors (Lipinski definition) is 6. The number of anilines is 1. The molecule has 30 heavy (non-hydrogen) atoms. The Morgan fingerprint density at radius 1 is 1.17 bits per heavy atom. The number of hydrogen-bond donors (Lipinski definition) is 1. The van der Waals surface area contributed by atoms with Crippen molar-refractivity contribution >= 4 is 35.8 Å². The van der Waals surface area contributed by atoms with Crippen molar-refractivity contribution in [2.45, 2.75) is 38.5 Å². The van der Waals surface area contributed by atoms with Crippen LogP contribution in [0.5, 0.6) is 0 Å². The quantitative estimate of drug-likeness (QED) is 0.354. The summed E-state index contributed by atoms with van der Waals surface area (Å²) in [5, 5.41) is 3.46. The molecule has 1 aromatic rings. The summed E-state index contributed by atoms with van der Waals surface area (Å²) in [4.78, 5) is 14.2. The van der Waals surface area contributed by atoms with Crippen LogP contribution in [0.25, 0.3) is 0 Å². The largest absolute Gasteiger partial charge is 0.378 e. The molecule has 0 bridgehead atoms. The fourth-order valence-electron chi connectivity index (χ4n) is 4.19. The fraction of sp³-hybridized carbons (Fsp3) is 0.714. The molecule has 8 nitrogen and oxygen atoms in total. The summed E-state index contributed by atoms with van der Waals surface area (Å²) in [6.45, 7) is 10.0. The Morgan fingerprint density at radius 2 is 2.00 bits per heavy atom. The maximum absolute atomic E-state index is 6.00. The maximum atomic E-state index is 6.00. The van der Waals surface area contributed by atoms with E-state index in [4.69, 9.17) is 19.2 Å². The van der Waals surface area contributed by atoms with Gasteiger partial charge in [-0.1, -0.05) is 6.07 Å². The van der Waals surface area contributed by atoms with Crippen molar-refractivity contribution in [2.75, 3.05) is 64.1 Å². The minimum atomic E-state index is 0. The zero-order chi connectivity index (χ0) is 19.9. The first-order valence-corrected chi connectivity index (χ1v) is 10.9. The summed E-state index contributed by atoms with van der Waals surface area (Å²) in [6, 6.07) is 4.11. The third kappa shape index (κ3) is 5.95. The predicted molar refractivity (Wildman–Crippen MR) is 128 cm³/mol. The Bertz CT molecular complexity index is 680. The molecule has 2 unspecified atom stereocenters. The first-order chi connectivity index (χ1) is 14.3. The van der Waals surface area contributed by atoms with Gasteiger partial charge in [0.1, 0.15) is 11.9 Å². The van der Waals surface area contributed by atoms with Crippen LogP contribution >= 0.6 is 24.0 Å². The smallest absolute Gasteiger partial charge is 0.194 e. The molecule has 0 aromatic carbocycles. The van der Waals surface area contributed by atoms with Crippen molar-refractivity contribution < 1.29 is 14.2 Å². The molecule has 1 aromatic heterocycles. The molecule has 0 amide bonds. The lowest BCUT2D eigenvalue weighted by molar-refractivity contribution is -0.0817. The van der Waals surface area contributed by atoms with Gasteiger partial charge in [-0.3, -0.25) is 0 Å². The van der Waals surface area contributed by atoms with Gasteiger partial charge < -0.3 is 29.3 Å². The molecule has 3 saturated heterocycles. The van der Waals surface area contributed by atoms with Crippen LogP contribution in [0.4, 0.5) is 5.82 Å². The highest BCUT2D eigenvalue weighted by Gasteiger charge is 2.32. The summed E-state index contributed by atoms with van der Waals surface area (Å²) in [7, 11) is 0. The maximum Gasteiger partial charge on any atom is 0.194 e. The minimum Gasteiger partial charge on any atom is -0.378 e. The van der Waals surface area contributed by atoms with Crippen LogP contribution in [0.2, 0.25) is 0 Å². The first-order valence-electron chi connectivity index (χ1n) is 10.9. The van der Waals surface area contributed by atoms with E-state index in [1.165, 1.54) is 0 Å². The molecule has 3 fully saturated rings. The van der Waals surface area contributed by atoms with E-state index in [0.29, 0.717) is 13.2 Å². The van der Waals surface area contributed by atoms with Crippen LogP contribution in [0.15, 0.2) is 23.3 Å². The van der Waals surface area contributed by atoms with Gasteiger partial charge >= 0.3 is 0 Å². The lowest BCUT2D eigenvalue weighted by Crippen LogP contribution is -2.53. The van der Waals surface area contributed by atoms with Crippen molar-refractivity contribution in [3.63, 3.8) is 0 Å². The number of rotatable bonds is 5. The summed E-state index contributed by atoms with van der Waals surface area (Å²) in [6.07, 6.45) is 4.41. The monoisotopic (exact) mass is 531 g/mol. The number of halogens is 1. The van der Waals surface area contributed by atoms with E-state index in [-0.39, 0.29) is 36.2 Å². The van der Waals surface area contributed by atoms with Gasteiger partial charge in [0.15, 0.2) is 5.96 Å². The van der Waals surface area contributed by atoms with E-state index in [2.05, 4.69) is 33.1 Å². The molecule has 4 rings (SSSR count). The van der Waals surface area contributed by atoms with Gasteiger partial charge in [0.2, 0.25) is 0 Å². The van der Waals surface area contributed by atoms with Crippen LogP contribution in [0.1, 0.15) is 25.3 Å². The fourth-order valence-corrected chi connectivity index (χ4v) is 4.19. The van der Waals surface area contributed by atoms with Gasteiger partial charge in [0.25, 0.3) is 0 Å². The highest BCUT2D eigenvalue weighted by atomic mass is 127. The molecule has 1 N–H and O–H groups in total. The van der Waals surface area contributed by atoms with Crippen molar-refractivity contribution in [1.29, 1.82) is 0 Å². The van der Waals surface area contributed by atoms with Gasteiger partial charge in [-0.15, -0.1) is 24.0 Å². The van der Waals surface area contributed by atoms with Gasteiger partial charge in [-0.2, -0.15) is 0 Å². The molecule has 3 aliphatic rings. The number of aliphatic imine (C=N–C) groups is 1. The number of nitrogens with one attached hydrogen (secondary N) is 1. The van der Waals surface area contributed by atoms with Crippen molar-refractivity contribution in [3.8, 4) is 0 Å². The summed E-state index contributed by atoms with van der Waals surface area (Å²) in [5.41, 5.74) is 1.15. The molecular weight excluding hydrogens is 497 g/mol. The molecular formula is C21H34IN5O3. The van der Waals surface area contributed by atoms with E-state index in [1.807, 2.05) is 12.3 Å². The van der Waals surface area contributed by atoms with Gasteiger partial charge in [0.05, 0.1) is 32.5 Å². The van der Waals surface area contributed by atoms with Crippen molar-refractivity contribution in [1.82, 2.24) is 15.2 Å². The molecule has 4 heterocycles. The summed E-state index contributed by atoms with van der Waals surface area (Å²) >= 11 is 0. The normalized spacial score (nSPS) is 25.2. The van der Waals surface area contributed by atoms with Crippen LogP contribution in [-0.4, -0.2) is 87.2 Å². The van der Waals surface area contributed by atoms with E-state index in [9.17, 15) is 0 Å². The summed E-state index contributed by atoms with van der Waals surface area (Å²) in [5.74, 6) is 1.96. The third-order valence-electron chi connectivity index (χ3n) is 5.68. The average molecular weight is 531 g/mol. The van der Waals surface area contributed by atoms with Gasteiger partial charge in [-0.25, -0.2) is 9.98 Å². The molecule has 3 aliphatic heterocycles.